The molecule has 0 saturated carbocycles. The van der Waals surface area contributed by atoms with Crippen LogP contribution in [0.2, 0.25) is 5.02 Å². The summed E-state index contributed by atoms with van der Waals surface area (Å²) < 4.78 is 5.24. The van der Waals surface area contributed by atoms with Crippen LogP contribution in [0.5, 0.6) is 0 Å². The Morgan fingerprint density at radius 1 is 1.52 bits per heavy atom. The van der Waals surface area contributed by atoms with E-state index >= 15 is 0 Å². The van der Waals surface area contributed by atoms with Crippen molar-refractivity contribution < 1.29 is 9.53 Å². The second kappa shape index (κ2) is 6.34. The van der Waals surface area contributed by atoms with Crippen LogP contribution in [0.25, 0.3) is 0 Å². The number of esters is 1. The Morgan fingerprint density at radius 3 is 3.19 bits per heavy atom. The van der Waals surface area contributed by atoms with Crippen molar-refractivity contribution in [1.29, 1.82) is 0 Å². The van der Waals surface area contributed by atoms with Crippen LogP contribution in [-0.2, 0) is 16.0 Å². The van der Waals surface area contributed by atoms with Crippen molar-refractivity contribution in [3.63, 3.8) is 0 Å². The van der Waals surface area contributed by atoms with Crippen LogP contribution in [0.15, 0.2) is 18.2 Å². The number of ether oxygens (including phenoxy) is 1. The standard InChI is InChI=1S/C16H21ClN2O2/c1-2-21-16(20)15-10-18-7-8-19(15)14-6-3-11-9-12(17)4-5-13(11)14/h4-5,9,14-15,18H,2-3,6-8,10H2,1H3. The van der Waals surface area contributed by atoms with Gasteiger partial charge in [-0.2, -0.15) is 0 Å². The summed E-state index contributed by atoms with van der Waals surface area (Å²) in [4.78, 5) is 14.5. The van der Waals surface area contributed by atoms with E-state index in [1.807, 2.05) is 13.0 Å². The van der Waals surface area contributed by atoms with Gasteiger partial charge in [0.25, 0.3) is 0 Å². The molecule has 1 aliphatic heterocycles. The fourth-order valence-corrected chi connectivity index (χ4v) is 3.65. The first kappa shape index (κ1) is 14.8. The van der Waals surface area contributed by atoms with E-state index in [1.165, 1.54) is 11.1 Å². The van der Waals surface area contributed by atoms with Gasteiger partial charge in [-0.3, -0.25) is 9.69 Å². The smallest absolute Gasteiger partial charge is 0.324 e. The van der Waals surface area contributed by atoms with Crippen molar-refractivity contribution in [3.05, 3.63) is 34.3 Å². The number of fused-ring (bicyclic) bond motifs is 1. The zero-order valence-electron chi connectivity index (χ0n) is 12.3. The van der Waals surface area contributed by atoms with Gasteiger partial charge in [0.05, 0.1) is 6.61 Å². The van der Waals surface area contributed by atoms with Gasteiger partial charge in [0.15, 0.2) is 0 Å². The lowest BCUT2D eigenvalue weighted by molar-refractivity contribution is -0.151. The molecule has 0 amide bonds. The van der Waals surface area contributed by atoms with Gasteiger partial charge in [0, 0.05) is 30.7 Å². The number of hydrogen-bond acceptors (Lipinski definition) is 4. The number of carbonyl (C=O) groups excluding carboxylic acids is 1. The lowest BCUT2D eigenvalue weighted by Gasteiger charge is -2.39. The maximum Gasteiger partial charge on any atom is 0.324 e. The molecule has 1 aromatic carbocycles. The maximum absolute atomic E-state index is 12.2. The molecular formula is C16H21ClN2O2. The summed E-state index contributed by atoms with van der Waals surface area (Å²) in [6.45, 7) is 4.73. The highest BCUT2D eigenvalue weighted by Gasteiger charge is 2.37. The summed E-state index contributed by atoms with van der Waals surface area (Å²) in [6.07, 6.45) is 2.08. The topological polar surface area (TPSA) is 41.6 Å². The summed E-state index contributed by atoms with van der Waals surface area (Å²) >= 11 is 6.08. The van der Waals surface area contributed by atoms with Gasteiger partial charge in [-0.15, -0.1) is 0 Å². The molecule has 1 aromatic rings. The second-order valence-electron chi connectivity index (χ2n) is 5.61. The molecule has 0 bridgehead atoms. The lowest BCUT2D eigenvalue weighted by Crippen LogP contribution is -2.56. The van der Waals surface area contributed by atoms with Crippen molar-refractivity contribution in [2.24, 2.45) is 0 Å². The summed E-state index contributed by atoms with van der Waals surface area (Å²) in [7, 11) is 0. The third-order valence-electron chi connectivity index (χ3n) is 4.39. The Morgan fingerprint density at radius 2 is 2.38 bits per heavy atom. The Labute approximate surface area is 130 Å². The van der Waals surface area contributed by atoms with Crippen LogP contribution in [0.4, 0.5) is 0 Å². The molecule has 21 heavy (non-hydrogen) atoms. The first-order valence-electron chi connectivity index (χ1n) is 7.62. The molecule has 1 heterocycles. The number of benzene rings is 1. The van der Waals surface area contributed by atoms with Gasteiger partial charge < -0.3 is 10.1 Å². The number of aryl methyl sites for hydroxylation is 1. The minimum absolute atomic E-state index is 0.118. The third kappa shape index (κ3) is 2.93. The van der Waals surface area contributed by atoms with Gasteiger partial charge in [-0.05, 0) is 43.0 Å². The molecule has 0 aromatic heterocycles. The molecule has 1 N–H and O–H groups in total. The zero-order chi connectivity index (χ0) is 14.8. The number of carbonyl (C=O) groups is 1. The molecule has 2 unspecified atom stereocenters. The molecule has 2 atom stereocenters. The first-order valence-corrected chi connectivity index (χ1v) is 8.00. The summed E-state index contributed by atoms with van der Waals surface area (Å²) in [5.41, 5.74) is 2.63. The van der Waals surface area contributed by atoms with Gasteiger partial charge in [0.1, 0.15) is 6.04 Å². The number of hydrogen-bond donors (Lipinski definition) is 1. The van der Waals surface area contributed by atoms with E-state index in [1.54, 1.807) is 0 Å². The number of nitrogens with one attached hydrogen (secondary N) is 1. The SMILES string of the molecule is CCOC(=O)C1CNCCN1C1CCc2cc(Cl)ccc21. The molecule has 1 aliphatic carbocycles. The quantitative estimate of drug-likeness (QED) is 0.869. The largest absolute Gasteiger partial charge is 0.465 e. The van der Waals surface area contributed by atoms with Gasteiger partial charge in [-0.1, -0.05) is 17.7 Å². The normalized spacial score (nSPS) is 25.6. The average Bonchev–Trinajstić information content (AvgIpc) is 2.90. The molecule has 2 aliphatic rings. The van der Waals surface area contributed by atoms with Crippen LogP contribution in [0.3, 0.4) is 0 Å². The molecule has 3 rings (SSSR count). The van der Waals surface area contributed by atoms with Crippen molar-refractivity contribution in [1.82, 2.24) is 10.2 Å². The van der Waals surface area contributed by atoms with Gasteiger partial charge in [-0.25, -0.2) is 0 Å². The van der Waals surface area contributed by atoms with Crippen molar-refractivity contribution in [2.45, 2.75) is 31.8 Å². The highest BCUT2D eigenvalue weighted by molar-refractivity contribution is 6.30. The molecule has 0 radical (unpaired) electrons. The Bertz CT molecular complexity index is 535. The summed E-state index contributed by atoms with van der Waals surface area (Å²) in [6, 6.07) is 6.22. The van der Waals surface area contributed by atoms with E-state index in [2.05, 4.69) is 22.3 Å². The predicted molar refractivity (Wildman–Crippen MR) is 82.5 cm³/mol. The minimum atomic E-state index is -0.190. The van der Waals surface area contributed by atoms with Crippen LogP contribution < -0.4 is 5.32 Å². The lowest BCUT2D eigenvalue weighted by atomic mass is 10.0. The molecule has 5 heteroatoms. The molecule has 1 saturated heterocycles. The van der Waals surface area contributed by atoms with Gasteiger partial charge in [0.2, 0.25) is 0 Å². The highest BCUT2D eigenvalue weighted by Crippen LogP contribution is 2.38. The minimum Gasteiger partial charge on any atom is -0.465 e. The average molecular weight is 309 g/mol. The van der Waals surface area contributed by atoms with E-state index in [9.17, 15) is 4.79 Å². The van der Waals surface area contributed by atoms with Crippen molar-refractivity contribution in [2.75, 3.05) is 26.2 Å². The van der Waals surface area contributed by atoms with E-state index < -0.39 is 0 Å². The number of rotatable bonds is 3. The summed E-state index contributed by atoms with van der Waals surface area (Å²) in [5.74, 6) is -0.118. The van der Waals surface area contributed by atoms with Crippen molar-refractivity contribution >= 4 is 17.6 Å². The van der Waals surface area contributed by atoms with Crippen molar-refractivity contribution in [3.8, 4) is 0 Å². The van der Waals surface area contributed by atoms with Crippen LogP contribution >= 0.6 is 11.6 Å². The maximum atomic E-state index is 12.2. The molecule has 1 fully saturated rings. The monoisotopic (exact) mass is 308 g/mol. The molecular weight excluding hydrogens is 288 g/mol. The van der Waals surface area contributed by atoms with Crippen LogP contribution in [0, 0.1) is 0 Å². The Hall–Kier alpha value is -1.10. The number of halogens is 1. The highest BCUT2D eigenvalue weighted by atomic mass is 35.5. The van der Waals surface area contributed by atoms with Crippen LogP contribution in [0.1, 0.15) is 30.5 Å². The van der Waals surface area contributed by atoms with E-state index in [0.29, 0.717) is 19.2 Å². The molecule has 114 valence electrons. The van der Waals surface area contributed by atoms with E-state index in [4.69, 9.17) is 16.3 Å². The number of nitrogens with zero attached hydrogens (tertiary/aromatic N) is 1. The van der Waals surface area contributed by atoms with Crippen LogP contribution in [-0.4, -0.2) is 43.2 Å². The van der Waals surface area contributed by atoms with E-state index in [-0.39, 0.29) is 12.0 Å². The first-order chi connectivity index (χ1) is 10.2. The molecule has 0 spiro atoms. The zero-order valence-corrected chi connectivity index (χ0v) is 13.0. The van der Waals surface area contributed by atoms with Gasteiger partial charge >= 0.3 is 5.97 Å². The predicted octanol–water partition coefficient (Wildman–Crippen LogP) is 2.16. The van der Waals surface area contributed by atoms with E-state index in [0.717, 1.165) is 31.0 Å². The molecule has 4 nitrogen and oxygen atoms in total. The fourth-order valence-electron chi connectivity index (χ4n) is 3.46. The second-order valence-corrected chi connectivity index (χ2v) is 6.04. The fraction of sp³-hybridized carbons (Fsp3) is 0.562. The third-order valence-corrected chi connectivity index (χ3v) is 4.63. The Kier molecular flexibility index (Phi) is 4.48. The number of piperazine rings is 1. The summed E-state index contributed by atoms with van der Waals surface area (Å²) in [5, 5.41) is 4.09. The Balaban J connectivity index is 1.84.